The normalized spacial score (nSPS) is 30.3. The van der Waals surface area contributed by atoms with Crippen LogP contribution < -0.4 is 43.9 Å². The number of methoxy groups -OCH3 is 1. The van der Waals surface area contributed by atoms with Crippen LogP contribution in [-0.4, -0.2) is 166 Å². The lowest BCUT2D eigenvalue weighted by molar-refractivity contribution is -0.745. The van der Waals surface area contributed by atoms with E-state index in [4.69, 9.17) is 49.7 Å². The third-order valence-corrected chi connectivity index (χ3v) is 18.0. The first-order valence-electron chi connectivity index (χ1n) is 21.3. The number of nitrogen functional groups attached to an aromatic ring is 2. The maximum atomic E-state index is 14.3. The summed E-state index contributed by atoms with van der Waals surface area (Å²) in [6.07, 6.45) is -12.3. The van der Waals surface area contributed by atoms with Crippen molar-refractivity contribution < 1.29 is 104 Å². The average molecular weight is 1150 g/mol. The fourth-order valence-corrected chi connectivity index (χ4v) is 13.8. The predicted molar refractivity (Wildman–Crippen MR) is 242 cm³/mol. The molecule has 75 heavy (non-hydrogen) atoms. The van der Waals surface area contributed by atoms with E-state index in [0.29, 0.717) is 0 Å². The number of urea groups is 1. The van der Waals surface area contributed by atoms with Gasteiger partial charge in [0, 0.05) is 31.8 Å². The molecular formula is C33H47N14O24P4+. The molecule has 0 bridgehead atoms. The van der Waals surface area contributed by atoms with Gasteiger partial charge in [0.2, 0.25) is 11.7 Å². The summed E-state index contributed by atoms with van der Waals surface area (Å²) >= 11 is 0. The van der Waals surface area contributed by atoms with Crippen LogP contribution in [0.2, 0.25) is 0 Å². The van der Waals surface area contributed by atoms with Gasteiger partial charge in [0.05, 0.1) is 39.3 Å². The van der Waals surface area contributed by atoms with E-state index in [1.165, 1.54) is 22.5 Å². The number of hydrogen-bond acceptors (Lipinski definition) is 26. The fraction of sp³-hybridized carbons (Fsp3) is 0.545. The topological polar surface area (TPSA) is 553 Å². The van der Waals surface area contributed by atoms with Crippen molar-refractivity contribution in [2.45, 2.75) is 67.1 Å². The van der Waals surface area contributed by atoms with E-state index < -0.39 is 153 Å². The van der Waals surface area contributed by atoms with E-state index in [9.17, 15) is 72.3 Å². The molecule has 3 fully saturated rings. The van der Waals surface area contributed by atoms with Gasteiger partial charge in [-0.3, -0.25) is 46.9 Å². The number of aliphatic hydroxyl groups is 3. The second-order valence-corrected chi connectivity index (χ2v) is 23.3. The van der Waals surface area contributed by atoms with Crippen LogP contribution in [0.3, 0.4) is 0 Å². The third kappa shape index (κ3) is 11.7. The molecule has 8 rings (SSSR count). The Kier molecular flexibility index (Phi) is 15.9. The molecule has 4 unspecified atom stereocenters. The Balaban J connectivity index is 0.963. The van der Waals surface area contributed by atoms with Crippen LogP contribution in [0.5, 0.6) is 0 Å². The minimum absolute atomic E-state index is 0.0218. The van der Waals surface area contributed by atoms with Crippen LogP contribution in [0, 0.1) is 5.92 Å². The highest BCUT2D eigenvalue weighted by Crippen LogP contribution is 2.68. The van der Waals surface area contributed by atoms with E-state index in [-0.39, 0.29) is 34.1 Å². The van der Waals surface area contributed by atoms with Gasteiger partial charge in [-0.15, -0.1) is 0 Å². The van der Waals surface area contributed by atoms with Gasteiger partial charge in [0.15, 0.2) is 30.2 Å². The molecule has 8 heterocycles. The Hall–Kier alpha value is -5.27. The molecule has 16 N–H and O–H groups in total. The molecule has 5 aromatic rings. The van der Waals surface area contributed by atoms with Crippen molar-refractivity contribution >= 4 is 71.2 Å². The van der Waals surface area contributed by atoms with Gasteiger partial charge >= 0.3 is 48.4 Å². The number of primary amides is 1. The van der Waals surface area contributed by atoms with Crippen molar-refractivity contribution in [1.82, 2.24) is 48.9 Å². The molecule has 0 radical (unpaired) electrons. The van der Waals surface area contributed by atoms with Gasteiger partial charge in [-0.05, 0) is 0 Å². The Bertz CT molecular complexity index is 3360. The number of nitrogens with one attached hydrogen (secondary N) is 3. The number of aromatic amines is 2. The lowest BCUT2D eigenvalue weighted by Crippen LogP contribution is -2.47. The maximum Gasteiger partial charge on any atom is 0.490 e. The molecule has 0 aromatic carbocycles. The Morgan fingerprint density at radius 3 is 2.15 bits per heavy atom. The highest BCUT2D eigenvalue weighted by Gasteiger charge is 2.58. The number of ether oxygens (including phenoxy) is 4. The molecule has 5 aromatic heterocycles. The van der Waals surface area contributed by atoms with Crippen molar-refractivity contribution in [3.63, 3.8) is 0 Å². The van der Waals surface area contributed by atoms with Gasteiger partial charge in [-0.1, -0.05) is 4.98 Å². The molecule has 0 aliphatic carbocycles. The number of imidazole rings is 2. The number of aromatic nitrogens is 10. The standard InChI is InChI=1S/C33H46N14O24P4/c1-44-11-47(26-18(44)27(52)43-31(35)42-26)28-19(49)12(5-37-32(36)53)13(67-28)6-65-73(57,58)70-75(61,62)71-74(59,60)66-8-15-23(22(63-2)30(69-15)46-10-40-17-24(34)38-9-39-25(17)46)72(55,56)64-7-14-20(50)21(51)29(68-14)45-4-3-16(48)41-33(45)54/h3-4,9-15,19-23,28-30,49-51H,5-8H2,1-2H3,(H12-,34,35,36,37,38,39,41,42,43,48,52,53,54,55,56,57,58,59,60,61,62)/p+1/t12-,13-,14-,15-,19-,20-,21-,22-,23-,28-,29-,30-/m1/s1. The number of carbonyl (C=O) groups excluding carboxylic acids is 1. The zero-order valence-electron chi connectivity index (χ0n) is 38.3. The first-order valence-corrected chi connectivity index (χ1v) is 27.5. The maximum absolute atomic E-state index is 14.3. The number of rotatable bonds is 20. The number of phosphoric ester groups is 2. The second kappa shape index (κ2) is 21.3. The van der Waals surface area contributed by atoms with Gasteiger partial charge < -0.3 is 80.9 Å². The van der Waals surface area contributed by atoms with Crippen LogP contribution in [0.1, 0.15) is 18.7 Å². The summed E-state index contributed by atoms with van der Waals surface area (Å²) in [6, 6.07) is -0.146. The summed E-state index contributed by atoms with van der Waals surface area (Å²) in [4.78, 5) is 112. The molecule has 42 heteroatoms. The first-order chi connectivity index (χ1) is 35.1. The van der Waals surface area contributed by atoms with Crippen LogP contribution in [0.25, 0.3) is 22.3 Å². The van der Waals surface area contributed by atoms with Crippen molar-refractivity contribution in [2.75, 3.05) is 44.9 Å². The number of hydrogen-bond donors (Lipinski definition) is 13. The summed E-state index contributed by atoms with van der Waals surface area (Å²) in [5, 5.41) is 35.0. The molecule has 0 saturated carbocycles. The molecule has 38 nitrogen and oxygen atoms in total. The zero-order valence-corrected chi connectivity index (χ0v) is 41.9. The van der Waals surface area contributed by atoms with E-state index in [2.05, 4.69) is 38.9 Å². The smallest absolute Gasteiger partial charge is 0.387 e. The predicted octanol–water partition coefficient (Wildman–Crippen LogP) is -4.88. The second-order valence-electron chi connectivity index (χ2n) is 16.6. The molecule has 3 saturated heterocycles. The van der Waals surface area contributed by atoms with Crippen molar-refractivity contribution in [3.05, 3.63) is 62.4 Å². The van der Waals surface area contributed by atoms with Crippen LogP contribution in [-0.2, 0) is 66.4 Å². The number of anilines is 2. The fourth-order valence-electron chi connectivity index (χ4n) is 8.55. The largest absolute Gasteiger partial charge is 0.490 e. The number of aliphatic hydroxyl groups excluding tert-OH is 3. The number of carbonyl (C=O) groups is 1. The van der Waals surface area contributed by atoms with Crippen LogP contribution in [0.15, 0.2) is 45.6 Å². The van der Waals surface area contributed by atoms with E-state index in [0.717, 1.165) is 41.2 Å². The molecular weight excluding hydrogens is 1100 g/mol. The lowest BCUT2D eigenvalue weighted by atomic mass is 9.98. The summed E-state index contributed by atoms with van der Waals surface area (Å²) in [5.41, 5.74) is 12.2. The van der Waals surface area contributed by atoms with Crippen molar-refractivity contribution in [2.24, 2.45) is 18.7 Å². The number of nitrogens with zero attached hydrogens (tertiary/aromatic N) is 8. The molecule has 0 spiro atoms. The van der Waals surface area contributed by atoms with Gasteiger partial charge in [0.25, 0.3) is 17.1 Å². The number of phosphoric acid groups is 3. The summed E-state index contributed by atoms with van der Waals surface area (Å²) in [6.45, 7) is -3.88. The van der Waals surface area contributed by atoms with Gasteiger partial charge in [-0.2, -0.15) is 8.62 Å². The van der Waals surface area contributed by atoms with Crippen LogP contribution >= 0.6 is 31.1 Å². The van der Waals surface area contributed by atoms with Gasteiger partial charge in [0.1, 0.15) is 54.1 Å². The zero-order chi connectivity index (χ0) is 54.7. The molecule has 16 atom stereocenters. The quantitative estimate of drug-likeness (QED) is 0.0257. The summed E-state index contributed by atoms with van der Waals surface area (Å²) in [7, 11) is -21.0. The van der Waals surface area contributed by atoms with E-state index in [1.807, 2.05) is 4.98 Å². The molecule has 3 aliphatic rings. The highest BCUT2D eigenvalue weighted by molar-refractivity contribution is 7.66. The lowest BCUT2D eigenvalue weighted by Gasteiger charge is -2.28. The first kappa shape index (κ1) is 55.9. The van der Waals surface area contributed by atoms with E-state index >= 15 is 0 Å². The SMILES string of the molecule is CO[C@@H]1[C@H](P(=O)(O)OC[C@H]2O[C@@H](n3ccc(=O)[nH]c3=O)[C@H](O)[C@@H]2O)[C@@H](COP(=O)(O)OP(=O)(O)OP(=O)(O)OC[C@H]2O[C@@H]([n+]3cn(C)c4c(=O)[nH]c(N)nc43)[C@H](O)[C@@H]2CNC(N)=O)O[C@H]1n1cnc2c(N)ncnc21. The Morgan fingerprint density at radius 1 is 0.840 bits per heavy atom. The number of aryl methyl sites for hydroxylation is 1. The average Bonchev–Trinajstić information content (AvgIpc) is 4.12. The minimum atomic E-state index is -6.25. The molecule has 2 amide bonds. The van der Waals surface area contributed by atoms with Gasteiger partial charge in [-0.25, -0.2) is 42.8 Å². The van der Waals surface area contributed by atoms with Crippen LogP contribution in [0.4, 0.5) is 16.6 Å². The third-order valence-electron chi connectivity index (χ3n) is 11.8. The Morgan fingerprint density at radius 2 is 1.49 bits per heavy atom. The van der Waals surface area contributed by atoms with Crippen molar-refractivity contribution in [1.29, 1.82) is 0 Å². The number of H-pyrrole nitrogens is 2. The van der Waals surface area contributed by atoms with E-state index in [1.54, 1.807) is 0 Å². The number of nitrogens with two attached hydrogens (primary N) is 3. The molecule has 3 aliphatic heterocycles. The minimum Gasteiger partial charge on any atom is -0.387 e. The molecule has 412 valence electrons. The summed E-state index contributed by atoms with van der Waals surface area (Å²) < 4.78 is 105. The number of fused-ring (bicyclic) bond motifs is 2. The summed E-state index contributed by atoms with van der Waals surface area (Å²) in [5.74, 6) is -1.66. The van der Waals surface area contributed by atoms with Crippen molar-refractivity contribution in [3.8, 4) is 0 Å². The number of amides is 2. The Labute approximate surface area is 416 Å². The monoisotopic (exact) mass is 1150 g/mol. The highest BCUT2D eigenvalue weighted by atomic mass is 31.3.